The maximum Gasteiger partial charge on any atom is 0.307 e. The number of thiazole rings is 1. The lowest BCUT2D eigenvalue weighted by Gasteiger charge is -2.25. The molecule has 0 N–H and O–H groups in total. The summed E-state index contributed by atoms with van der Waals surface area (Å²) in [5, 5.41) is 2.78. The maximum absolute atomic E-state index is 13.1. The lowest BCUT2D eigenvalue weighted by Crippen LogP contribution is -2.40. The van der Waals surface area contributed by atoms with Crippen molar-refractivity contribution in [3.8, 4) is 9.88 Å². The van der Waals surface area contributed by atoms with Gasteiger partial charge in [-0.3, -0.25) is 9.59 Å². The van der Waals surface area contributed by atoms with Crippen molar-refractivity contribution in [2.24, 2.45) is 0 Å². The largest absolute Gasteiger partial charge is 0.469 e. The first kappa shape index (κ1) is 20.5. The van der Waals surface area contributed by atoms with Crippen molar-refractivity contribution in [1.29, 1.82) is 0 Å². The molecule has 0 atom stereocenters. The molecular weight excluding hydrogens is 376 g/mol. The van der Waals surface area contributed by atoms with Gasteiger partial charge in [0, 0.05) is 20.8 Å². The van der Waals surface area contributed by atoms with Gasteiger partial charge >= 0.3 is 5.97 Å². The molecule has 0 spiro atoms. The number of methoxy groups -OCH3 is 3. The van der Waals surface area contributed by atoms with E-state index in [2.05, 4.69) is 9.72 Å². The number of esters is 1. The van der Waals surface area contributed by atoms with Crippen LogP contribution in [0.4, 0.5) is 0 Å². The molecule has 2 aromatic rings. The molecular formula is C17H22N2O5S2. The molecule has 7 nitrogen and oxygen atoms in total. The van der Waals surface area contributed by atoms with Crippen LogP contribution >= 0.6 is 22.7 Å². The van der Waals surface area contributed by atoms with Gasteiger partial charge < -0.3 is 19.1 Å². The minimum atomic E-state index is -0.582. The predicted molar refractivity (Wildman–Crippen MR) is 101 cm³/mol. The number of carbonyl (C=O) groups excluding carboxylic acids is 2. The molecule has 0 bridgehead atoms. The summed E-state index contributed by atoms with van der Waals surface area (Å²) in [4.78, 5) is 32.2. The van der Waals surface area contributed by atoms with E-state index in [1.807, 2.05) is 24.4 Å². The van der Waals surface area contributed by atoms with Gasteiger partial charge in [0.05, 0.1) is 30.6 Å². The first-order valence-corrected chi connectivity index (χ1v) is 9.62. The molecule has 2 heterocycles. The molecule has 0 aliphatic rings. The topological polar surface area (TPSA) is 78.0 Å². The van der Waals surface area contributed by atoms with Crippen molar-refractivity contribution in [2.45, 2.75) is 19.6 Å². The van der Waals surface area contributed by atoms with Crippen LogP contribution in [0.2, 0.25) is 0 Å². The summed E-state index contributed by atoms with van der Waals surface area (Å²) in [5.41, 5.74) is 0.665. The van der Waals surface area contributed by atoms with Crippen molar-refractivity contribution >= 4 is 34.6 Å². The number of nitrogens with zero attached hydrogens (tertiary/aromatic N) is 2. The van der Waals surface area contributed by atoms with E-state index in [0.29, 0.717) is 10.6 Å². The molecule has 0 aromatic carbocycles. The highest BCUT2D eigenvalue weighted by Gasteiger charge is 2.25. The van der Waals surface area contributed by atoms with Crippen LogP contribution in [0.25, 0.3) is 9.88 Å². The van der Waals surface area contributed by atoms with Crippen LogP contribution in [0.15, 0.2) is 17.5 Å². The van der Waals surface area contributed by atoms with E-state index < -0.39 is 6.29 Å². The summed E-state index contributed by atoms with van der Waals surface area (Å²) >= 11 is 2.92. The average Bonchev–Trinajstić information content (AvgIpc) is 3.30. The van der Waals surface area contributed by atoms with Crippen molar-refractivity contribution < 1.29 is 23.8 Å². The van der Waals surface area contributed by atoms with Crippen molar-refractivity contribution in [3.05, 3.63) is 28.1 Å². The van der Waals surface area contributed by atoms with E-state index in [1.54, 1.807) is 11.3 Å². The SMILES string of the molecule is COC(=O)CCN(CC(OC)OC)C(=O)c1sc(-c2cccs2)nc1C. The van der Waals surface area contributed by atoms with Crippen LogP contribution in [-0.4, -0.2) is 62.5 Å². The fraction of sp³-hybridized carbons (Fsp3) is 0.471. The molecule has 2 rings (SSSR count). The van der Waals surface area contributed by atoms with E-state index in [0.717, 1.165) is 9.88 Å². The predicted octanol–water partition coefficient (Wildman–Crippen LogP) is 2.80. The van der Waals surface area contributed by atoms with E-state index in [4.69, 9.17) is 9.47 Å². The quantitative estimate of drug-likeness (QED) is 0.477. The van der Waals surface area contributed by atoms with E-state index >= 15 is 0 Å². The fourth-order valence-electron chi connectivity index (χ4n) is 2.27. The van der Waals surface area contributed by atoms with Crippen LogP contribution < -0.4 is 0 Å². The van der Waals surface area contributed by atoms with Crippen LogP contribution in [0.5, 0.6) is 0 Å². The van der Waals surface area contributed by atoms with Crippen LogP contribution in [0.3, 0.4) is 0 Å². The number of carbonyl (C=O) groups is 2. The van der Waals surface area contributed by atoms with Gasteiger partial charge in [-0.1, -0.05) is 6.07 Å². The molecule has 0 saturated heterocycles. The zero-order valence-corrected chi connectivity index (χ0v) is 16.8. The van der Waals surface area contributed by atoms with Gasteiger partial charge in [-0.25, -0.2) is 4.98 Å². The summed E-state index contributed by atoms with van der Waals surface area (Å²) < 4.78 is 15.1. The molecule has 0 aliphatic heterocycles. The minimum absolute atomic E-state index is 0.0953. The second-order valence-corrected chi connectivity index (χ2v) is 7.34. The molecule has 0 unspecified atom stereocenters. The van der Waals surface area contributed by atoms with Crippen molar-refractivity contribution in [1.82, 2.24) is 9.88 Å². The Balaban J connectivity index is 2.22. The molecule has 26 heavy (non-hydrogen) atoms. The normalized spacial score (nSPS) is 11.0. The molecule has 1 amide bonds. The van der Waals surface area contributed by atoms with Crippen LogP contribution in [-0.2, 0) is 19.0 Å². The number of hydrogen-bond donors (Lipinski definition) is 0. The highest BCUT2D eigenvalue weighted by molar-refractivity contribution is 7.22. The monoisotopic (exact) mass is 398 g/mol. The number of aryl methyl sites for hydroxylation is 1. The van der Waals surface area contributed by atoms with E-state index in [9.17, 15) is 9.59 Å². The second kappa shape index (κ2) is 9.77. The molecule has 2 aromatic heterocycles. The van der Waals surface area contributed by atoms with Crippen LogP contribution in [0.1, 0.15) is 21.8 Å². The lowest BCUT2D eigenvalue weighted by molar-refractivity contribution is -0.141. The zero-order valence-electron chi connectivity index (χ0n) is 15.2. The second-order valence-electron chi connectivity index (χ2n) is 5.39. The minimum Gasteiger partial charge on any atom is -0.469 e. The summed E-state index contributed by atoms with van der Waals surface area (Å²) in [6.07, 6.45) is -0.487. The van der Waals surface area contributed by atoms with E-state index in [-0.39, 0.29) is 31.4 Å². The summed E-state index contributed by atoms with van der Waals surface area (Å²) in [6.45, 7) is 2.22. The molecule has 0 radical (unpaired) electrons. The van der Waals surface area contributed by atoms with Gasteiger partial charge in [-0.05, 0) is 18.4 Å². The van der Waals surface area contributed by atoms with Gasteiger partial charge in [-0.15, -0.1) is 22.7 Å². The highest BCUT2D eigenvalue weighted by atomic mass is 32.1. The highest BCUT2D eigenvalue weighted by Crippen LogP contribution is 2.31. The molecule has 0 saturated carbocycles. The molecule has 0 fully saturated rings. The smallest absolute Gasteiger partial charge is 0.307 e. The Morgan fingerprint density at radius 3 is 2.58 bits per heavy atom. The third-order valence-electron chi connectivity index (χ3n) is 3.72. The maximum atomic E-state index is 13.1. The standard InChI is InChI=1S/C17H22N2O5S2/c1-11-15(26-16(18-11)12-6-5-9-25-12)17(21)19(8-7-13(20)22-2)10-14(23-3)24-4/h5-6,9,14H,7-8,10H2,1-4H3. The molecule has 142 valence electrons. The van der Waals surface area contributed by atoms with Crippen LogP contribution in [0, 0.1) is 6.92 Å². The Bertz CT molecular complexity index is 726. The first-order chi connectivity index (χ1) is 12.5. The van der Waals surface area contributed by atoms with E-state index in [1.165, 1.54) is 37.6 Å². The zero-order chi connectivity index (χ0) is 19.1. The number of ether oxygens (including phenoxy) is 3. The average molecular weight is 399 g/mol. The number of hydrogen-bond acceptors (Lipinski definition) is 8. The third-order valence-corrected chi connectivity index (χ3v) is 5.90. The first-order valence-electron chi connectivity index (χ1n) is 7.93. The summed E-state index contributed by atoms with van der Waals surface area (Å²) in [7, 11) is 4.33. The van der Waals surface area contributed by atoms with Gasteiger partial charge in [-0.2, -0.15) is 0 Å². The van der Waals surface area contributed by atoms with Gasteiger partial charge in [0.2, 0.25) is 0 Å². The Labute approximate surface area is 160 Å². The molecule has 0 aliphatic carbocycles. The Morgan fingerprint density at radius 1 is 1.27 bits per heavy atom. The summed E-state index contributed by atoms with van der Waals surface area (Å²) in [6, 6.07) is 3.92. The van der Waals surface area contributed by atoms with Gasteiger partial charge in [0.1, 0.15) is 9.88 Å². The van der Waals surface area contributed by atoms with Crippen molar-refractivity contribution in [2.75, 3.05) is 34.4 Å². The van der Waals surface area contributed by atoms with Gasteiger partial charge in [0.25, 0.3) is 5.91 Å². The number of aromatic nitrogens is 1. The Kier molecular flexibility index (Phi) is 7.70. The van der Waals surface area contributed by atoms with Gasteiger partial charge in [0.15, 0.2) is 6.29 Å². The lowest BCUT2D eigenvalue weighted by atomic mass is 10.3. The third kappa shape index (κ3) is 5.10. The Morgan fingerprint density at radius 2 is 2.00 bits per heavy atom. The number of rotatable bonds is 9. The Hall–Kier alpha value is -1.81. The summed E-state index contributed by atoms with van der Waals surface area (Å²) in [5.74, 6) is -0.583. The number of thiophene rings is 1. The molecule has 9 heteroatoms. The number of amides is 1. The van der Waals surface area contributed by atoms with Crippen molar-refractivity contribution in [3.63, 3.8) is 0 Å². The fourth-order valence-corrected chi connectivity index (χ4v) is 4.10.